The monoisotopic (exact) mass is 295 g/mol. The zero-order valence-electron chi connectivity index (χ0n) is 11.6. The summed E-state index contributed by atoms with van der Waals surface area (Å²) in [6.45, 7) is 2.04. The van der Waals surface area contributed by atoms with Crippen LogP contribution in [-0.2, 0) is 19.0 Å². The number of aromatic nitrogens is 2. The van der Waals surface area contributed by atoms with Crippen LogP contribution in [0.5, 0.6) is 0 Å². The molecule has 0 saturated carbocycles. The average molecular weight is 295 g/mol. The molecule has 0 aliphatic carbocycles. The van der Waals surface area contributed by atoms with Crippen LogP contribution in [0.3, 0.4) is 0 Å². The van der Waals surface area contributed by atoms with Gasteiger partial charge in [-0.3, -0.25) is 9.97 Å². The highest BCUT2D eigenvalue weighted by Gasteiger charge is 2.30. The number of pyridine rings is 2. The van der Waals surface area contributed by atoms with Crippen LogP contribution in [0.4, 0.5) is 13.2 Å². The predicted octanol–water partition coefficient (Wildman–Crippen LogP) is 3.30. The van der Waals surface area contributed by atoms with Crippen molar-refractivity contribution in [1.82, 2.24) is 9.97 Å². The summed E-state index contributed by atoms with van der Waals surface area (Å²) in [5, 5.41) is 0. The van der Waals surface area contributed by atoms with Crippen LogP contribution in [0.15, 0.2) is 36.7 Å². The lowest BCUT2D eigenvalue weighted by Crippen LogP contribution is -2.16. The molecule has 2 N–H and O–H groups in total. The fourth-order valence-electron chi connectivity index (χ4n) is 1.91. The number of rotatable bonds is 4. The van der Waals surface area contributed by atoms with Gasteiger partial charge in [0, 0.05) is 24.5 Å². The van der Waals surface area contributed by atoms with E-state index < -0.39 is 17.8 Å². The highest BCUT2D eigenvalue weighted by atomic mass is 19.4. The first-order valence-electron chi connectivity index (χ1n) is 6.62. The van der Waals surface area contributed by atoms with Crippen LogP contribution in [0.1, 0.15) is 35.5 Å². The first-order chi connectivity index (χ1) is 9.90. The molecule has 112 valence electrons. The molecular formula is C15H16F3N3. The van der Waals surface area contributed by atoms with E-state index >= 15 is 0 Å². The van der Waals surface area contributed by atoms with Crippen LogP contribution in [-0.4, -0.2) is 9.97 Å². The van der Waals surface area contributed by atoms with Crippen LogP contribution in [0.2, 0.25) is 0 Å². The number of halogens is 3. The van der Waals surface area contributed by atoms with E-state index in [1.807, 2.05) is 19.1 Å². The van der Waals surface area contributed by atoms with Crippen LogP contribution < -0.4 is 5.73 Å². The minimum absolute atomic E-state index is 0.421. The Bertz CT molecular complexity index is 577. The smallest absolute Gasteiger partial charge is 0.322 e. The van der Waals surface area contributed by atoms with Crippen molar-refractivity contribution in [3.05, 3.63) is 59.2 Å². The van der Waals surface area contributed by atoms with E-state index in [9.17, 15) is 13.2 Å². The molecule has 1 unspecified atom stereocenters. The molecule has 2 aromatic rings. The molecule has 2 aromatic heterocycles. The molecule has 2 heterocycles. The van der Waals surface area contributed by atoms with Crippen molar-refractivity contribution >= 4 is 0 Å². The van der Waals surface area contributed by atoms with Gasteiger partial charge in [0.2, 0.25) is 0 Å². The summed E-state index contributed by atoms with van der Waals surface area (Å²) in [5.41, 5.74) is 7.54. The Morgan fingerprint density at radius 2 is 1.86 bits per heavy atom. The van der Waals surface area contributed by atoms with E-state index in [1.54, 1.807) is 6.20 Å². The lowest BCUT2D eigenvalue weighted by Gasteiger charge is -2.12. The molecule has 0 aliphatic rings. The SMILES string of the molecule is CCc1ccc(CC(N)c2ccc(C(F)(F)F)cn2)nc1. The molecule has 0 fully saturated rings. The predicted molar refractivity (Wildman–Crippen MR) is 73.5 cm³/mol. The first kappa shape index (κ1) is 15.4. The van der Waals surface area contributed by atoms with Gasteiger partial charge in [-0.1, -0.05) is 13.0 Å². The molecule has 0 spiro atoms. The Balaban J connectivity index is 2.07. The number of alkyl halides is 3. The van der Waals surface area contributed by atoms with Gasteiger partial charge in [0.25, 0.3) is 0 Å². The fraction of sp³-hybridized carbons (Fsp3) is 0.333. The Morgan fingerprint density at radius 3 is 2.33 bits per heavy atom. The van der Waals surface area contributed by atoms with Crippen molar-refractivity contribution in [2.75, 3.05) is 0 Å². The Labute approximate surface area is 121 Å². The minimum Gasteiger partial charge on any atom is -0.322 e. The number of aryl methyl sites for hydroxylation is 1. The molecule has 3 nitrogen and oxygen atoms in total. The van der Waals surface area contributed by atoms with E-state index in [4.69, 9.17) is 5.73 Å². The van der Waals surface area contributed by atoms with Gasteiger partial charge in [0.05, 0.1) is 17.3 Å². The molecule has 2 rings (SSSR count). The van der Waals surface area contributed by atoms with E-state index in [0.29, 0.717) is 12.1 Å². The molecule has 6 heteroatoms. The minimum atomic E-state index is -4.38. The highest BCUT2D eigenvalue weighted by Crippen LogP contribution is 2.29. The van der Waals surface area contributed by atoms with Crippen LogP contribution in [0.25, 0.3) is 0 Å². The third-order valence-corrected chi connectivity index (χ3v) is 3.22. The van der Waals surface area contributed by atoms with Crippen molar-refractivity contribution in [2.24, 2.45) is 5.73 Å². The van der Waals surface area contributed by atoms with E-state index in [2.05, 4.69) is 9.97 Å². The summed E-state index contributed by atoms with van der Waals surface area (Å²) in [7, 11) is 0. The summed E-state index contributed by atoms with van der Waals surface area (Å²) in [5.74, 6) is 0. The van der Waals surface area contributed by atoms with Crippen LogP contribution in [0, 0.1) is 0 Å². The van der Waals surface area contributed by atoms with Gasteiger partial charge in [-0.2, -0.15) is 13.2 Å². The van der Waals surface area contributed by atoms with Crippen molar-refractivity contribution in [3.8, 4) is 0 Å². The second-order valence-electron chi connectivity index (χ2n) is 4.79. The molecule has 0 aromatic carbocycles. The normalized spacial score (nSPS) is 13.2. The average Bonchev–Trinajstić information content (AvgIpc) is 2.47. The van der Waals surface area contributed by atoms with Crippen molar-refractivity contribution in [1.29, 1.82) is 0 Å². The van der Waals surface area contributed by atoms with Crippen molar-refractivity contribution < 1.29 is 13.2 Å². The van der Waals surface area contributed by atoms with Crippen molar-refractivity contribution in [3.63, 3.8) is 0 Å². The number of nitrogens with zero attached hydrogens (tertiary/aromatic N) is 2. The maximum absolute atomic E-state index is 12.5. The Hall–Kier alpha value is -1.95. The third-order valence-electron chi connectivity index (χ3n) is 3.22. The highest BCUT2D eigenvalue weighted by molar-refractivity contribution is 5.21. The fourth-order valence-corrected chi connectivity index (χ4v) is 1.91. The van der Waals surface area contributed by atoms with Gasteiger partial charge in [-0.25, -0.2) is 0 Å². The third kappa shape index (κ3) is 4.01. The quantitative estimate of drug-likeness (QED) is 0.941. The molecule has 0 saturated heterocycles. The second-order valence-corrected chi connectivity index (χ2v) is 4.79. The number of nitrogens with two attached hydrogens (primary N) is 1. The number of hydrogen-bond donors (Lipinski definition) is 1. The molecular weight excluding hydrogens is 279 g/mol. The van der Waals surface area contributed by atoms with Gasteiger partial charge in [-0.05, 0) is 30.2 Å². The molecule has 0 aliphatic heterocycles. The molecule has 0 radical (unpaired) electrons. The van der Waals surface area contributed by atoms with Gasteiger partial charge in [0.1, 0.15) is 0 Å². The summed E-state index contributed by atoms with van der Waals surface area (Å²) < 4.78 is 37.4. The second kappa shape index (κ2) is 6.22. The largest absolute Gasteiger partial charge is 0.417 e. The van der Waals surface area contributed by atoms with E-state index in [-0.39, 0.29) is 0 Å². The lowest BCUT2D eigenvalue weighted by atomic mass is 10.1. The van der Waals surface area contributed by atoms with Crippen molar-refractivity contribution in [2.45, 2.75) is 32.0 Å². The van der Waals surface area contributed by atoms with Gasteiger partial charge < -0.3 is 5.73 Å². The molecule has 21 heavy (non-hydrogen) atoms. The molecule has 0 bridgehead atoms. The Kier molecular flexibility index (Phi) is 4.57. The molecule has 0 amide bonds. The van der Waals surface area contributed by atoms with Gasteiger partial charge in [-0.15, -0.1) is 0 Å². The zero-order valence-corrected chi connectivity index (χ0v) is 11.6. The van der Waals surface area contributed by atoms with Gasteiger partial charge >= 0.3 is 6.18 Å². The topological polar surface area (TPSA) is 51.8 Å². The lowest BCUT2D eigenvalue weighted by molar-refractivity contribution is -0.137. The first-order valence-corrected chi connectivity index (χ1v) is 6.62. The maximum atomic E-state index is 12.5. The summed E-state index contributed by atoms with van der Waals surface area (Å²) in [4.78, 5) is 8.09. The van der Waals surface area contributed by atoms with Crippen LogP contribution >= 0.6 is 0 Å². The number of hydrogen-bond acceptors (Lipinski definition) is 3. The van der Waals surface area contributed by atoms with E-state index in [1.165, 1.54) is 6.07 Å². The maximum Gasteiger partial charge on any atom is 0.417 e. The molecule has 1 atom stereocenters. The standard InChI is InChI=1S/C15H16F3N3/c1-2-10-3-5-12(20-8-10)7-13(19)14-6-4-11(9-21-14)15(16,17)18/h3-6,8-9,13H,2,7,19H2,1H3. The van der Waals surface area contributed by atoms with E-state index in [0.717, 1.165) is 29.9 Å². The van der Waals surface area contributed by atoms with Gasteiger partial charge in [0.15, 0.2) is 0 Å². The zero-order chi connectivity index (χ0) is 15.5. The Morgan fingerprint density at radius 1 is 1.10 bits per heavy atom. The summed E-state index contributed by atoms with van der Waals surface area (Å²) in [6.07, 6.45) is -0.458. The summed E-state index contributed by atoms with van der Waals surface area (Å²) in [6, 6.07) is 5.68. The summed E-state index contributed by atoms with van der Waals surface area (Å²) >= 11 is 0.